The number of aliphatic hydroxyl groups is 6. The predicted octanol–water partition coefficient (Wildman–Crippen LogP) is 2.98. The molecule has 2 aliphatic heterocycles. The fraction of sp³-hybridized carbons (Fsp3) is 0.348. The van der Waals surface area contributed by atoms with Gasteiger partial charge in [-0.15, -0.1) is 0 Å². The van der Waals surface area contributed by atoms with Gasteiger partial charge in [0.1, 0.15) is 93.1 Å². The number of phenols is 6. The lowest BCUT2D eigenvalue weighted by Gasteiger charge is -2.40. The number of benzene rings is 4. The van der Waals surface area contributed by atoms with Crippen molar-refractivity contribution in [1.82, 2.24) is 0 Å². The van der Waals surface area contributed by atoms with Crippen molar-refractivity contribution < 1.29 is 89.1 Å². The van der Waals surface area contributed by atoms with E-state index in [9.17, 15) is 70.9 Å². The summed E-state index contributed by atoms with van der Waals surface area (Å²) in [5, 5.41) is 121. The molecule has 0 saturated carbocycles. The van der Waals surface area contributed by atoms with Gasteiger partial charge in [-0.05, 0) is 67.3 Å². The van der Waals surface area contributed by atoms with E-state index in [1.807, 2.05) is 13.8 Å². The highest BCUT2D eigenvalue weighted by Gasteiger charge is 2.47. The van der Waals surface area contributed by atoms with Crippen LogP contribution in [0.2, 0.25) is 0 Å². The van der Waals surface area contributed by atoms with Gasteiger partial charge < -0.3 is 89.1 Å². The summed E-state index contributed by atoms with van der Waals surface area (Å²) in [6.45, 7) is 5.48. The molecular formula is C46H48O20. The highest BCUT2D eigenvalue weighted by molar-refractivity contribution is 5.89. The Hall–Kier alpha value is -6.62. The minimum atomic E-state index is -1.70. The molecule has 20 heteroatoms. The normalized spacial score (nSPS) is 25.4. The molecule has 10 atom stereocenters. The van der Waals surface area contributed by atoms with Crippen LogP contribution in [-0.4, -0.2) is 123 Å². The Kier molecular flexibility index (Phi) is 13.7. The van der Waals surface area contributed by atoms with Crippen LogP contribution in [0.15, 0.2) is 91.2 Å². The molecule has 66 heavy (non-hydrogen) atoms. The van der Waals surface area contributed by atoms with Gasteiger partial charge in [0.15, 0.2) is 11.5 Å². The maximum Gasteiger partial charge on any atom is 0.239 e. The Morgan fingerprint density at radius 3 is 1.27 bits per heavy atom. The number of hydrogen-bond acceptors (Lipinski definition) is 20. The number of phenolic OH excluding ortho intramolecular Hbond substituents is 6. The fourth-order valence-corrected chi connectivity index (χ4v) is 7.61. The molecule has 6 aromatic rings. The van der Waals surface area contributed by atoms with Crippen LogP contribution in [0.1, 0.15) is 33.6 Å². The van der Waals surface area contributed by atoms with Crippen LogP contribution in [0.25, 0.3) is 44.6 Å². The minimum Gasteiger partial charge on any atom is -0.508 e. The van der Waals surface area contributed by atoms with E-state index in [1.165, 1.54) is 48.5 Å². The summed E-state index contributed by atoms with van der Waals surface area (Å²) in [4.78, 5) is 26.7. The van der Waals surface area contributed by atoms with Gasteiger partial charge in [0.05, 0.1) is 12.2 Å². The summed E-state index contributed by atoms with van der Waals surface area (Å²) in [5.41, 5.74) is -1.29. The van der Waals surface area contributed by atoms with E-state index in [2.05, 4.69) is 0 Å². The van der Waals surface area contributed by atoms with Crippen molar-refractivity contribution >= 4 is 21.9 Å². The summed E-state index contributed by atoms with van der Waals surface area (Å²) in [6, 6.07) is 15.4. The van der Waals surface area contributed by atoms with Gasteiger partial charge in [-0.25, -0.2) is 0 Å². The van der Waals surface area contributed by atoms with Crippen molar-refractivity contribution in [3.63, 3.8) is 0 Å². The third-order valence-corrected chi connectivity index (χ3v) is 11.0. The third-order valence-electron chi connectivity index (χ3n) is 11.0. The Labute approximate surface area is 373 Å². The number of hydrogen-bond donors (Lipinski definition) is 12. The SMILES string of the molecule is CC(C)CC1OC(Oc2c(-c3ccc(O)cc3)oc3cc(O)cc(O)c3c2=O)C(O)C(O)C1O.CCC1OC(Oc2c(-c3ccc(O)cc3)oc3cc(O)cc(O)c3c2=O)C(O)C(O)C1O. The maximum atomic E-state index is 13.4. The summed E-state index contributed by atoms with van der Waals surface area (Å²) in [5.74, 6) is -2.89. The summed E-state index contributed by atoms with van der Waals surface area (Å²) < 4.78 is 34.3. The van der Waals surface area contributed by atoms with Crippen molar-refractivity contribution in [1.29, 1.82) is 0 Å². The van der Waals surface area contributed by atoms with Crippen LogP contribution in [-0.2, 0) is 9.47 Å². The van der Waals surface area contributed by atoms with Gasteiger partial charge >= 0.3 is 0 Å². The molecule has 4 heterocycles. The lowest BCUT2D eigenvalue weighted by Crippen LogP contribution is -2.59. The van der Waals surface area contributed by atoms with E-state index in [4.69, 9.17) is 27.8 Å². The largest absolute Gasteiger partial charge is 0.508 e. The van der Waals surface area contributed by atoms with Gasteiger partial charge in [0, 0.05) is 35.4 Å². The van der Waals surface area contributed by atoms with Gasteiger partial charge in [-0.1, -0.05) is 20.8 Å². The summed E-state index contributed by atoms with van der Waals surface area (Å²) in [7, 11) is 0. The maximum absolute atomic E-state index is 13.4. The summed E-state index contributed by atoms with van der Waals surface area (Å²) >= 11 is 0. The Balaban J connectivity index is 0.000000197. The molecule has 0 spiro atoms. The smallest absolute Gasteiger partial charge is 0.239 e. The molecule has 0 radical (unpaired) electrons. The van der Waals surface area contributed by atoms with E-state index in [1.54, 1.807) is 6.92 Å². The Morgan fingerprint density at radius 1 is 0.515 bits per heavy atom. The van der Waals surface area contributed by atoms with Crippen LogP contribution in [0.5, 0.6) is 46.0 Å². The molecule has 2 aliphatic rings. The zero-order valence-electron chi connectivity index (χ0n) is 35.3. The monoisotopic (exact) mass is 920 g/mol. The van der Waals surface area contributed by atoms with Crippen molar-refractivity contribution in [2.45, 2.75) is 95.0 Å². The van der Waals surface area contributed by atoms with E-state index in [-0.39, 0.29) is 62.4 Å². The van der Waals surface area contributed by atoms with Gasteiger partial charge in [0.25, 0.3) is 0 Å². The first kappa shape index (κ1) is 47.3. The number of fused-ring (bicyclic) bond motifs is 2. The van der Waals surface area contributed by atoms with Crippen molar-refractivity contribution in [2.24, 2.45) is 5.92 Å². The van der Waals surface area contributed by atoms with E-state index in [0.29, 0.717) is 24.0 Å². The average Bonchev–Trinajstić information content (AvgIpc) is 3.26. The second-order valence-electron chi connectivity index (χ2n) is 16.3. The van der Waals surface area contributed by atoms with Crippen LogP contribution < -0.4 is 20.3 Å². The molecule has 0 aliphatic carbocycles. The highest BCUT2D eigenvalue weighted by atomic mass is 16.7. The molecule has 20 nitrogen and oxygen atoms in total. The molecule has 352 valence electrons. The van der Waals surface area contributed by atoms with Gasteiger partial charge in [-0.2, -0.15) is 0 Å². The molecule has 10 unspecified atom stereocenters. The molecule has 2 fully saturated rings. The van der Waals surface area contributed by atoms with Crippen LogP contribution in [0.4, 0.5) is 0 Å². The van der Waals surface area contributed by atoms with Crippen molar-refractivity contribution in [3.05, 3.63) is 93.2 Å². The Bertz CT molecular complexity index is 2800. The third kappa shape index (κ3) is 9.39. The fourth-order valence-electron chi connectivity index (χ4n) is 7.61. The van der Waals surface area contributed by atoms with Gasteiger partial charge in [0.2, 0.25) is 34.9 Å². The van der Waals surface area contributed by atoms with Crippen LogP contribution >= 0.6 is 0 Å². The lowest BCUT2D eigenvalue weighted by atomic mass is 9.93. The molecule has 8 rings (SSSR count). The molecule has 2 saturated heterocycles. The lowest BCUT2D eigenvalue weighted by molar-refractivity contribution is -0.274. The predicted molar refractivity (Wildman–Crippen MR) is 230 cm³/mol. The first-order valence-electron chi connectivity index (χ1n) is 20.6. The van der Waals surface area contributed by atoms with Gasteiger partial charge in [-0.3, -0.25) is 9.59 Å². The number of ether oxygens (including phenoxy) is 4. The molecule has 0 bridgehead atoms. The van der Waals surface area contributed by atoms with Crippen molar-refractivity contribution in [2.75, 3.05) is 0 Å². The molecule has 0 amide bonds. The average molecular weight is 921 g/mol. The second-order valence-corrected chi connectivity index (χ2v) is 16.3. The van der Waals surface area contributed by atoms with Crippen LogP contribution in [0.3, 0.4) is 0 Å². The number of aromatic hydroxyl groups is 6. The number of aliphatic hydroxyl groups excluding tert-OH is 6. The summed E-state index contributed by atoms with van der Waals surface area (Å²) in [6.07, 6.45) is -13.5. The number of rotatable bonds is 9. The van der Waals surface area contributed by atoms with Crippen LogP contribution in [0, 0.1) is 5.92 Å². The second kappa shape index (κ2) is 19.1. The topological polar surface area (TPSA) is 340 Å². The zero-order valence-corrected chi connectivity index (χ0v) is 35.3. The van der Waals surface area contributed by atoms with Crippen molar-refractivity contribution in [3.8, 4) is 68.6 Å². The Morgan fingerprint density at radius 2 is 0.894 bits per heavy atom. The zero-order chi connectivity index (χ0) is 47.9. The molecular weight excluding hydrogens is 872 g/mol. The minimum absolute atomic E-state index is 0.0377. The van der Waals surface area contributed by atoms with E-state index in [0.717, 1.165) is 24.3 Å². The standard InChI is InChI=1S/C24H26O10.C22H22O10/c1-10(2)7-16-18(28)20(30)21(31)24(33-16)34-23-19(29)17-14(27)8-13(26)9-15(17)32-22(23)11-3-5-12(25)6-4-11;1-2-13-16(26)18(28)19(29)22(31-13)32-21-17(27)15-12(25)7-11(24)8-14(15)30-20(21)9-3-5-10(23)6-4-9/h3-6,8-10,16,18,20-21,24-28,30-31H,7H2,1-2H3;3-8,13,16,18-19,22-26,28-29H,2H2,1H3. The first-order valence-corrected chi connectivity index (χ1v) is 20.6. The molecule has 4 aromatic carbocycles. The van der Waals surface area contributed by atoms with E-state index >= 15 is 0 Å². The molecule has 12 N–H and O–H groups in total. The van der Waals surface area contributed by atoms with E-state index < -0.39 is 95.3 Å². The highest BCUT2D eigenvalue weighted by Crippen LogP contribution is 2.40. The quantitative estimate of drug-likeness (QED) is 0.0991. The first-order chi connectivity index (χ1) is 31.3. The molecule has 2 aromatic heterocycles.